The molecule has 0 amide bonds. The van der Waals surface area contributed by atoms with Crippen LogP contribution in [-0.4, -0.2) is 15.9 Å². The van der Waals surface area contributed by atoms with Gasteiger partial charge < -0.3 is 4.52 Å². The first-order chi connectivity index (χ1) is 7.75. The van der Waals surface area contributed by atoms with E-state index in [0.717, 1.165) is 10.5 Å². The largest absolute Gasteiger partial charge is 0.343 e. The van der Waals surface area contributed by atoms with Crippen LogP contribution in [0.5, 0.6) is 0 Å². The quantitative estimate of drug-likeness (QED) is 0.601. The van der Waals surface area contributed by atoms with Gasteiger partial charge in [-0.05, 0) is 19.1 Å². The second-order valence-corrected chi connectivity index (χ2v) is 4.27. The fourth-order valence-electron chi connectivity index (χ4n) is 1.21. The minimum atomic E-state index is 0.0713. The van der Waals surface area contributed by atoms with Gasteiger partial charge in [-0.1, -0.05) is 17.3 Å². The summed E-state index contributed by atoms with van der Waals surface area (Å²) in [6.45, 7) is 1.56. The summed E-state index contributed by atoms with van der Waals surface area (Å²) in [6, 6.07) is 7.50. The van der Waals surface area contributed by atoms with Crippen LogP contribution in [0, 0.1) is 0 Å². The average molecular weight is 234 g/mol. The fraction of sp³-hybridized carbons (Fsp3) is 0.182. The average Bonchev–Trinajstić information content (AvgIpc) is 2.79. The third-order valence-corrected chi connectivity index (χ3v) is 3.01. The Morgan fingerprint density at radius 2 is 2.38 bits per heavy atom. The Morgan fingerprint density at radius 3 is 3.06 bits per heavy atom. The zero-order valence-electron chi connectivity index (χ0n) is 8.71. The maximum absolute atomic E-state index is 11.2. The molecule has 0 N–H and O–H groups in total. The van der Waals surface area contributed by atoms with Crippen molar-refractivity contribution in [3.8, 4) is 0 Å². The number of carbonyl (C=O) groups is 1. The third kappa shape index (κ3) is 2.70. The first-order valence-corrected chi connectivity index (χ1v) is 5.73. The van der Waals surface area contributed by atoms with Gasteiger partial charge >= 0.3 is 0 Å². The Kier molecular flexibility index (Phi) is 3.36. The lowest BCUT2D eigenvalue weighted by molar-refractivity contribution is 0.101. The van der Waals surface area contributed by atoms with Gasteiger partial charge in [0.1, 0.15) is 0 Å². The van der Waals surface area contributed by atoms with Crippen LogP contribution in [-0.2, 0) is 5.75 Å². The van der Waals surface area contributed by atoms with Crippen molar-refractivity contribution in [1.29, 1.82) is 0 Å². The number of rotatable bonds is 4. The van der Waals surface area contributed by atoms with Crippen LogP contribution in [0.3, 0.4) is 0 Å². The standard InChI is InChI=1S/C11H10N2O2S/c1-8(14)9-3-2-4-10(5-9)16-6-11-12-7-15-13-11/h2-5,7H,6H2,1H3. The number of ketones is 1. The van der Waals surface area contributed by atoms with E-state index in [-0.39, 0.29) is 5.78 Å². The Hall–Kier alpha value is -1.62. The van der Waals surface area contributed by atoms with E-state index in [2.05, 4.69) is 14.7 Å². The Labute approximate surface area is 97.1 Å². The molecular weight excluding hydrogens is 224 g/mol. The molecule has 2 rings (SSSR count). The number of Topliss-reactive ketones (excluding diaryl/α,β-unsaturated/α-hetero) is 1. The molecule has 16 heavy (non-hydrogen) atoms. The predicted molar refractivity (Wildman–Crippen MR) is 60.3 cm³/mol. The number of hydrogen-bond acceptors (Lipinski definition) is 5. The van der Waals surface area contributed by atoms with Crippen LogP contribution in [0.4, 0.5) is 0 Å². The summed E-state index contributed by atoms with van der Waals surface area (Å²) in [5.41, 5.74) is 0.720. The van der Waals surface area contributed by atoms with E-state index >= 15 is 0 Å². The van der Waals surface area contributed by atoms with Gasteiger partial charge in [0.2, 0.25) is 6.39 Å². The highest BCUT2D eigenvalue weighted by Crippen LogP contribution is 2.22. The molecule has 0 aliphatic carbocycles. The van der Waals surface area contributed by atoms with E-state index < -0.39 is 0 Å². The molecule has 0 spiro atoms. The highest BCUT2D eigenvalue weighted by molar-refractivity contribution is 7.98. The molecule has 0 saturated heterocycles. The smallest absolute Gasteiger partial charge is 0.213 e. The molecule has 0 aliphatic rings. The molecule has 2 aromatic rings. The van der Waals surface area contributed by atoms with Crippen LogP contribution in [0.2, 0.25) is 0 Å². The van der Waals surface area contributed by atoms with Gasteiger partial charge in [0.25, 0.3) is 0 Å². The van der Waals surface area contributed by atoms with Gasteiger partial charge in [0, 0.05) is 10.5 Å². The van der Waals surface area contributed by atoms with E-state index in [1.807, 2.05) is 18.2 Å². The molecule has 1 heterocycles. The lowest BCUT2D eigenvalue weighted by Crippen LogP contribution is -1.91. The number of benzene rings is 1. The first-order valence-electron chi connectivity index (χ1n) is 4.75. The molecule has 4 nitrogen and oxygen atoms in total. The zero-order valence-corrected chi connectivity index (χ0v) is 9.53. The van der Waals surface area contributed by atoms with Crippen molar-refractivity contribution in [3.05, 3.63) is 42.0 Å². The summed E-state index contributed by atoms with van der Waals surface area (Å²) in [6.07, 6.45) is 1.31. The maximum atomic E-state index is 11.2. The second-order valence-electron chi connectivity index (χ2n) is 3.22. The molecule has 5 heteroatoms. The highest BCUT2D eigenvalue weighted by Gasteiger charge is 2.03. The summed E-state index contributed by atoms with van der Waals surface area (Å²) in [5, 5.41) is 3.71. The Morgan fingerprint density at radius 1 is 1.50 bits per heavy atom. The molecule has 0 aliphatic heterocycles. The van der Waals surface area contributed by atoms with Crippen molar-refractivity contribution in [1.82, 2.24) is 10.1 Å². The van der Waals surface area contributed by atoms with Crippen LogP contribution in [0.15, 0.2) is 40.1 Å². The molecule has 0 unspecified atom stereocenters. The Bertz CT molecular complexity index is 482. The van der Waals surface area contributed by atoms with Crippen LogP contribution >= 0.6 is 11.8 Å². The topological polar surface area (TPSA) is 56.0 Å². The third-order valence-electron chi connectivity index (χ3n) is 2.02. The van der Waals surface area contributed by atoms with E-state index in [1.165, 1.54) is 6.39 Å². The lowest BCUT2D eigenvalue weighted by Gasteiger charge is -2.00. The van der Waals surface area contributed by atoms with Crippen LogP contribution in [0.25, 0.3) is 0 Å². The summed E-state index contributed by atoms with van der Waals surface area (Å²) in [7, 11) is 0. The van der Waals surface area contributed by atoms with Gasteiger partial charge in [-0.2, -0.15) is 4.98 Å². The van der Waals surface area contributed by atoms with Crippen molar-refractivity contribution < 1.29 is 9.32 Å². The minimum absolute atomic E-state index is 0.0713. The minimum Gasteiger partial charge on any atom is -0.343 e. The fourth-order valence-corrected chi connectivity index (χ4v) is 2.02. The molecule has 0 fully saturated rings. The lowest BCUT2D eigenvalue weighted by atomic mass is 10.2. The summed E-state index contributed by atoms with van der Waals surface area (Å²) < 4.78 is 4.64. The molecule has 0 bridgehead atoms. The number of carbonyl (C=O) groups excluding carboxylic acids is 1. The van der Waals surface area contributed by atoms with Crippen LogP contribution < -0.4 is 0 Å². The highest BCUT2D eigenvalue weighted by atomic mass is 32.2. The maximum Gasteiger partial charge on any atom is 0.213 e. The molecule has 0 radical (unpaired) electrons. The van der Waals surface area contributed by atoms with Crippen molar-refractivity contribution in [2.75, 3.05) is 0 Å². The van der Waals surface area contributed by atoms with E-state index in [9.17, 15) is 4.79 Å². The molecule has 0 saturated carbocycles. The van der Waals surface area contributed by atoms with Gasteiger partial charge in [-0.3, -0.25) is 4.79 Å². The van der Waals surface area contributed by atoms with E-state index in [4.69, 9.17) is 0 Å². The normalized spacial score (nSPS) is 10.3. The molecule has 1 aromatic carbocycles. The summed E-state index contributed by atoms with van der Waals surface area (Å²) in [4.78, 5) is 16.1. The van der Waals surface area contributed by atoms with Gasteiger partial charge in [0.15, 0.2) is 11.6 Å². The van der Waals surface area contributed by atoms with Crippen LogP contribution in [0.1, 0.15) is 23.1 Å². The molecule has 82 valence electrons. The van der Waals surface area contributed by atoms with Gasteiger partial charge in [-0.25, -0.2) is 0 Å². The molecule has 1 aromatic heterocycles. The number of hydrogen-bond donors (Lipinski definition) is 0. The summed E-state index contributed by atoms with van der Waals surface area (Å²) >= 11 is 1.57. The van der Waals surface area contributed by atoms with Crippen molar-refractivity contribution >= 4 is 17.5 Å². The predicted octanol–water partition coefficient (Wildman–Crippen LogP) is 2.56. The first kappa shape index (κ1) is 10.9. The molecule has 0 atom stereocenters. The Balaban J connectivity index is 2.04. The SMILES string of the molecule is CC(=O)c1cccc(SCc2ncon2)c1. The summed E-state index contributed by atoms with van der Waals surface area (Å²) in [5.74, 6) is 1.36. The van der Waals surface area contributed by atoms with Gasteiger partial charge in [-0.15, -0.1) is 11.8 Å². The second kappa shape index (κ2) is 4.94. The monoisotopic (exact) mass is 234 g/mol. The van der Waals surface area contributed by atoms with E-state index in [1.54, 1.807) is 24.8 Å². The molecular formula is C11H10N2O2S. The van der Waals surface area contributed by atoms with E-state index in [0.29, 0.717) is 11.6 Å². The number of thioether (sulfide) groups is 1. The van der Waals surface area contributed by atoms with Crippen molar-refractivity contribution in [3.63, 3.8) is 0 Å². The number of nitrogens with zero attached hydrogens (tertiary/aromatic N) is 2. The van der Waals surface area contributed by atoms with Crippen molar-refractivity contribution in [2.24, 2.45) is 0 Å². The number of aromatic nitrogens is 2. The van der Waals surface area contributed by atoms with Crippen molar-refractivity contribution in [2.45, 2.75) is 17.6 Å². The van der Waals surface area contributed by atoms with Gasteiger partial charge in [0.05, 0.1) is 5.75 Å². The zero-order chi connectivity index (χ0) is 11.4.